The lowest BCUT2D eigenvalue weighted by Crippen LogP contribution is -1.99. The van der Waals surface area contributed by atoms with E-state index in [0.29, 0.717) is 12.5 Å². The Hall–Kier alpha value is -2.00. The summed E-state index contributed by atoms with van der Waals surface area (Å²) in [6, 6.07) is 15.6. The number of halogens is 1. The van der Waals surface area contributed by atoms with E-state index < -0.39 is 0 Å². The predicted molar refractivity (Wildman–Crippen MR) is 81.4 cm³/mol. The van der Waals surface area contributed by atoms with Crippen LogP contribution in [0.3, 0.4) is 0 Å². The molecule has 3 nitrogen and oxygen atoms in total. The van der Waals surface area contributed by atoms with Crippen molar-refractivity contribution in [1.82, 2.24) is 0 Å². The zero-order valence-corrected chi connectivity index (χ0v) is 12.0. The summed E-state index contributed by atoms with van der Waals surface area (Å²) in [6.45, 7) is 0.508. The molecule has 0 saturated carbocycles. The van der Waals surface area contributed by atoms with Crippen molar-refractivity contribution < 1.29 is 9.57 Å². The number of benzene rings is 2. The summed E-state index contributed by atoms with van der Waals surface area (Å²) < 4.78 is 5.76. The molecular weight excluding hydrogens is 274 g/mol. The zero-order valence-electron chi connectivity index (χ0n) is 11.3. The Kier molecular flexibility index (Phi) is 5.44. The van der Waals surface area contributed by atoms with Gasteiger partial charge in [0.05, 0.1) is 6.21 Å². The smallest absolute Gasteiger partial charge is 0.119 e. The van der Waals surface area contributed by atoms with E-state index in [2.05, 4.69) is 9.99 Å². The van der Waals surface area contributed by atoms with Gasteiger partial charge in [0.25, 0.3) is 0 Å². The normalized spacial score (nSPS) is 10.7. The van der Waals surface area contributed by atoms with Crippen LogP contribution in [-0.2, 0) is 17.3 Å². The van der Waals surface area contributed by atoms with E-state index in [0.717, 1.165) is 22.4 Å². The Morgan fingerprint density at radius 2 is 1.75 bits per heavy atom. The molecule has 2 rings (SSSR count). The van der Waals surface area contributed by atoms with Crippen molar-refractivity contribution in [3.05, 3.63) is 65.2 Å². The van der Waals surface area contributed by atoms with Crippen LogP contribution < -0.4 is 4.74 Å². The number of alkyl halides is 1. The van der Waals surface area contributed by atoms with Crippen molar-refractivity contribution in [2.45, 2.75) is 12.5 Å². The summed E-state index contributed by atoms with van der Waals surface area (Å²) in [4.78, 5) is 4.63. The van der Waals surface area contributed by atoms with E-state index in [1.807, 2.05) is 48.5 Å². The van der Waals surface area contributed by atoms with Gasteiger partial charge in [0, 0.05) is 5.88 Å². The highest BCUT2D eigenvalue weighted by molar-refractivity contribution is 6.17. The van der Waals surface area contributed by atoms with E-state index in [-0.39, 0.29) is 0 Å². The Morgan fingerprint density at radius 1 is 1.05 bits per heavy atom. The van der Waals surface area contributed by atoms with Crippen LogP contribution in [0.1, 0.15) is 16.7 Å². The largest absolute Gasteiger partial charge is 0.489 e. The van der Waals surface area contributed by atoms with Gasteiger partial charge in [0.2, 0.25) is 0 Å². The van der Waals surface area contributed by atoms with Crippen molar-refractivity contribution in [3.63, 3.8) is 0 Å². The van der Waals surface area contributed by atoms with Gasteiger partial charge in [-0.3, -0.25) is 0 Å². The van der Waals surface area contributed by atoms with Crippen LogP contribution in [0.5, 0.6) is 5.75 Å². The molecule has 0 atom stereocenters. The molecular formula is C16H16ClNO2. The van der Waals surface area contributed by atoms with E-state index in [4.69, 9.17) is 16.3 Å². The number of ether oxygens (including phenoxy) is 1. The first kappa shape index (κ1) is 14.4. The molecule has 0 spiro atoms. The second-order valence-electron chi connectivity index (χ2n) is 4.18. The highest BCUT2D eigenvalue weighted by Crippen LogP contribution is 2.16. The molecule has 0 aliphatic rings. The highest BCUT2D eigenvalue weighted by atomic mass is 35.5. The van der Waals surface area contributed by atoms with Gasteiger partial charge in [-0.05, 0) is 41.0 Å². The zero-order chi connectivity index (χ0) is 14.2. The van der Waals surface area contributed by atoms with Gasteiger partial charge in [-0.25, -0.2) is 0 Å². The molecule has 0 bridgehead atoms. The molecule has 0 unspecified atom stereocenters. The summed E-state index contributed by atoms with van der Waals surface area (Å²) in [5.74, 6) is 1.30. The van der Waals surface area contributed by atoms with Gasteiger partial charge in [-0.1, -0.05) is 29.4 Å². The van der Waals surface area contributed by atoms with Crippen molar-refractivity contribution in [2.24, 2.45) is 5.16 Å². The third kappa shape index (κ3) is 4.00. The molecule has 4 heteroatoms. The summed E-state index contributed by atoms with van der Waals surface area (Å²) >= 11 is 5.90. The molecule has 0 aliphatic heterocycles. The highest BCUT2D eigenvalue weighted by Gasteiger charge is 2.01. The lowest BCUT2D eigenvalue weighted by atomic mass is 10.1. The van der Waals surface area contributed by atoms with Crippen LogP contribution in [0, 0.1) is 0 Å². The Morgan fingerprint density at radius 3 is 2.40 bits per heavy atom. The number of oxime groups is 1. The van der Waals surface area contributed by atoms with Crippen LogP contribution in [0.15, 0.2) is 53.7 Å². The first-order valence-electron chi connectivity index (χ1n) is 6.25. The molecule has 20 heavy (non-hydrogen) atoms. The Labute approximate surface area is 123 Å². The maximum Gasteiger partial charge on any atom is 0.119 e. The fourth-order valence-corrected chi connectivity index (χ4v) is 2.01. The van der Waals surface area contributed by atoms with Crippen LogP contribution in [0.2, 0.25) is 0 Å². The molecule has 2 aromatic rings. The van der Waals surface area contributed by atoms with E-state index in [1.165, 1.54) is 7.11 Å². The van der Waals surface area contributed by atoms with Crippen molar-refractivity contribution in [2.75, 3.05) is 7.11 Å². The van der Waals surface area contributed by atoms with Gasteiger partial charge >= 0.3 is 0 Å². The summed E-state index contributed by atoms with van der Waals surface area (Å²) in [5.41, 5.74) is 3.16. The summed E-state index contributed by atoms with van der Waals surface area (Å²) in [6.07, 6.45) is 1.65. The average Bonchev–Trinajstić information content (AvgIpc) is 2.52. The maximum absolute atomic E-state index is 5.90. The average molecular weight is 290 g/mol. The van der Waals surface area contributed by atoms with Crippen molar-refractivity contribution in [3.8, 4) is 5.75 Å². The van der Waals surface area contributed by atoms with Gasteiger partial charge < -0.3 is 9.57 Å². The molecule has 0 N–H and O–H groups in total. The minimum absolute atomic E-state index is 0.492. The number of nitrogens with zero attached hydrogens (tertiary/aromatic N) is 1. The molecule has 0 amide bonds. The number of hydrogen-bond donors (Lipinski definition) is 0. The summed E-state index contributed by atoms with van der Waals surface area (Å²) in [7, 11) is 1.52. The molecule has 104 valence electrons. The molecule has 0 saturated heterocycles. The van der Waals surface area contributed by atoms with E-state index in [9.17, 15) is 0 Å². The Bertz CT molecular complexity index is 567. The maximum atomic E-state index is 5.90. The van der Waals surface area contributed by atoms with Gasteiger partial charge in [0.1, 0.15) is 19.5 Å². The van der Waals surface area contributed by atoms with Crippen LogP contribution >= 0.6 is 11.6 Å². The second kappa shape index (κ2) is 7.56. The lowest BCUT2D eigenvalue weighted by molar-refractivity contribution is 0.215. The summed E-state index contributed by atoms with van der Waals surface area (Å²) in [5, 5.41) is 3.71. The molecule has 0 heterocycles. The predicted octanol–water partition coefficient (Wildman–Crippen LogP) is 3.98. The first-order valence-corrected chi connectivity index (χ1v) is 6.79. The molecule has 2 aromatic carbocycles. The van der Waals surface area contributed by atoms with Crippen LogP contribution in [0.4, 0.5) is 0 Å². The van der Waals surface area contributed by atoms with Gasteiger partial charge in [-0.15, -0.1) is 11.6 Å². The van der Waals surface area contributed by atoms with Crippen molar-refractivity contribution in [1.29, 1.82) is 0 Å². The van der Waals surface area contributed by atoms with Gasteiger partial charge in [-0.2, -0.15) is 0 Å². The van der Waals surface area contributed by atoms with E-state index in [1.54, 1.807) is 6.21 Å². The standard InChI is InChI=1S/C16H16ClNO2/c1-19-18-11-13-6-8-16(9-7-13)20-12-15-5-3-2-4-14(15)10-17/h2-9,11H,10,12H2,1H3. The number of hydrogen-bond acceptors (Lipinski definition) is 3. The molecule has 0 aromatic heterocycles. The van der Waals surface area contributed by atoms with Crippen molar-refractivity contribution >= 4 is 17.8 Å². The Balaban J connectivity index is 1.98. The quantitative estimate of drug-likeness (QED) is 0.457. The second-order valence-corrected chi connectivity index (χ2v) is 4.44. The van der Waals surface area contributed by atoms with Crippen LogP contribution in [0.25, 0.3) is 0 Å². The minimum Gasteiger partial charge on any atom is -0.489 e. The fraction of sp³-hybridized carbons (Fsp3) is 0.188. The minimum atomic E-state index is 0.492. The molecule has 0 radical (unpaired) electrons. The third-order valence-corrected chi connectivity index (χ3v) is 3.13. The molecule has 0 fully saturated rings. The SMILES string of the molecule is CON=Cc1ccc(OCc2ccccc2CCl)cc1. The molecule has 0 aliphatic carbocycles. The monoisotopic (exact) mass is 289 g/mol. The fourth-order valence-electron chi connectivity index (χ4n) is 1.75. The third-order valence-electron chi connectivity index (χ3n) is 2.84. The van der Waals surface area contributed by atoms with Gasteiger partial charge in [0.15, 0.2) is 0 Å². The lowest BCUT2D eigenvalue weighted by Gasteiger charge is -2.09. The first-order chi connectivity index (χ1) is 9.83. The van der Waals surface area contributed by atoms with Crippen LogP contribution in [-0.4, -0.2) is 13.3 Å². The topological polar surface area (TPSA) is 30.8 Å². The number of rotatable bonds is 6. The van der Waals surface area contributed by atoms with E-state index >= 15 is 0 Å².